The molecular formula is C26H31N3. The molecule has 1 atom stereocenters. The first-order chi connectivity index (χ1) is 14.2. The van der Waals surface area contributed by atoms with Crippen LogP contribution >= 0.6 is 0 Å². The summed E-state index contributed by atoms with van der Waals surface area (Å²) in [5.41, 5.74) is 6.51. The van der Waals surface area contributed by atoms with Crippen molar-refractivity contribution in [1.82, 2.24) is 10.2 Å². The summed E-state index contributed by atoms with van der Waals surface area (Å²) in [5.74, 6) is 0. The first-order valence-electron chi connectivity index (χ1n) is 10.6. The lowest BCUT2D eigenvalue weighted by Crippen LogP contribution is -2.33. The molecule has 1 N–H and O–H groups in total. The van der Waals surface area contributed by atoms with Crippen molar-refractivity contribution in [1.29, 1.82) is 0 Å². The summed E-state index contributed by atoms with van der Waals surface area (Å²) in [6.07, 6.45) is 1.19. The highest BCUT2D eigenvalue weighted by Crippen LogP contribution is 2.32. The standard InChI is InChI=1S/C26H31N3/c1-28(2)25-15-13-24(14-16-25)26(29-19-6-17-27-18-20-29)23-11-9-22(10-12-23)21-7-4-3-5-8-21/h3-5,7-16,26-27H,6,17-20H2,1-2H3. The Hall–Kier alpha value is -2.62. The molecule has 1 aliphatic heterocycles. The fraction of sp³-hybridized carbons (Fsp3) is 0.308. The molecule has 0 amide bonds. The van der Waals surface area contributed by atoms with E-state index in [0.717, 1.165) is 26.2 Å². The van der Waals surface area contributed by atoms with Gasteiger partial charge in [0.1, 0.15) is 0 Å². The van der Waals surface area contributed by atoms with Gasteiger partial charge in [-0.15, -0.1) is 0 Å². The van der Waals surface area contributed by atoms with E-state index in [1.165, 1.54) is 34.4 Å². The number of hydrogen-bond acceptors (Lipinski definition) is 3. The fourth-order valence-electron chi connectivity index (χ4n) is 4.18. The van der Waals surface area contributed by atoms with E-state index in [1.807, 2.05) is 0 Å². The Morgan fingerprint density at radius 2 is 1.34 bits per heavy atom. The van der Waals surface area contributed by atoms with E-state index in [0.29, 0.717) is 0 Å². The van der Waals surface area contributed by atoms with Crippen LogP contribution in [0.5, 0.6) is 0 Å². The summed E-state index contributed by atoms with van der Waals surface area (Å²) in [7, 11) is 4.19. The van der Waals surface area contributed by atoms with Gasteiger partial charge in [0.25, 0.3) is 0 Å². The van der Waals surface area contributed by atoms with Crippen LogP contribution in [0.15, 0.2) is 78.9 Å². The predicted molar refractivity (Wildman–Crippen MR) is 124 cm³/mol. The summed E-state index contributed by atoms with van der Waals surface area (Å²) < 4.78 is 0. The van der Waals surface area contributed by atoms with E-state index in [-0.39, 0.29) is 6.04 Å². The summed E-state index contributed by atoms with van der Waals surface area (Å²) in [6, 6.07) is 29.1. The van der Waals surface area contributed by atoms with Crippen LogP contribution in [-0.4, -0.2) is 45.2 Å². The quantitative estimate of drug-likeness (QED) is 0.680. The highest BCUT2D eigenvalue weighted by atomic mass is 15.2. The van der Waals surface area contributed by atoms with Crippen molar-refractivity contribution in [3.63, 3.8) is 0 Å². The van der Waals surface area contributed by atoms with Crippen molar-refractivity contribution >= 4 is 5.69 Å². The minimum absolute atomic E-state index is 0.288. The van der Waals surface area contributed by atoms with Gasteiger partial charge in [-0.2, -0.15) is 0 Å². The van der Waals surface area contributed by atoms with Crippen molar-refractivity contribution in [2.24, 2.45) is 0 Å². The molecule has 3 aromatic rings. The fourth-order valence-corrected chi connectivity index (χ4v) is 4.18. The van der Waals surface area contributed by atoms with E-state index in [4.69, 9.17) is 0 Å². The number of anilines is 1. The SMILES string of the molecule is CN(C)c1ccc(C(c2ccc(-c3ccccc3)cc2)N2CCCNCC2)cc1. The molecule has 3 aromatic carbocycles. The topological polar surface area (TPSA) is 18.5 Å². The largest absolute Gasteiger partial charge is 0.378 e. The Balaban J connectivity index is 1.67. The average Bonchev–Trinajstić information content (AvgIpc) is 3.05. The van der Waals surface area contributed by atoms with Crippen molar-refractivity contribution in [3.8, 4) is 11.1 Å². The van der Waals surface area contributed by atoms with Crippen LogP contribution in [0.25, 0.3) is 11.1 Å². The summed E-state index contributed by atoms with van der Waals surface area (Å²) in [4.78, 5) is 4.78. The first kappa shape index (κ1) is 19.7. The Morgan fingerprint density at radius 3 is 2.00 bits per heavy atom. The third-order valence-electron chi connectivity index (χ3n) is 5.80. The lowest BCUT2D eigenvalue weighted by atomic mass is 9.94. The van der Waals surface area contributed by atoms with Gasteiger partial charge in [0, 0.05) is 39.4 Å². The molecule has 0 bridgehead atoms. The zero-order valence-corrected chi connectivity index (χ0v) is 17.5. The highest BCUT2D eigenvalue weighted by Gasteiger charge is 2.23. The molecule has 1 heterocycles. The third-order valence-corrected chi connectivity index (χ3v) is 5.80. The molecule has 0 spiro atoms. The van der Waals surface area contributed by atoms with E-state index in [9.17, 15) is 0 Å². The number of hydrogen-bond donors (Lipinski definition) is 1. The molecule has 0 aromatic heterocycles. The Labute approximate surface area is 175 Å². The van der Waals surface area contributed by atoms with E-state index >= 15 is 0 Å². The number of nitrogens with zero attached hydrogens (tertiary/aromatic N) is 2. The zero-order chi connectivity index (χ0) is 20.1. The van der Waals surface area contributed by atoms with Crippen LogP contribution < -0.4 is 10.2 Å². The zero-order valence-electron chi connectivity index (χ0n) is 17.5. The van der Waals surface area contributed by atoms with Crippen LogP contribution in [-0.2, 0) is 0 Å². The Morgan fingerprint density at radius 1 is 0.724 bits per heavy atom. The lowest BCUT2D eigenvalue weighted by Gasteiger charge is -2.32. The minimum atomic E-state index is 0.288. The highest BCUT2D eigenvalue weighted by molar-refractivity contribution is 5.63. The van der Waals surface area contributed by atoms with Crippen LogP contribution in [0.2, 0.25) is 0 Å². The van der Waals surface area contributed by atoms with Gasteiger partial charge in [0.05, 0.1) is 6.04 Å². The second kappa shape index (κ2) is 9.25. The molecule has 0 radical (unpaired) electrons. The van der Waals surface area contributed by atoms with E-state index in [2.05, 4.69) is 108 Å². The van der Waals surface area contributed by atoms with E-state index < -0.39 is 0 Å². The third kappa shape index (κ3) is 4.69. The van der Waals surface area contributed by atoms with Gasteiger partial charge in [-0.05, 0) is 47.4 Å². The maximum Gasteiger partial charge on any atom is 0.0602 e. The van der Waals surface area contributed by atoms with Crippen LogP contribution in [0.4, 0.5) is 5.69 Å². The van der Waals surface area contributed by atoms with Gasteiger partial charge in [0.2, 0.25) is 0 Å². The number of rotatable bonds is 5. The van der Waals surface area contributed by atoms with Gasteiger partial charge in [-0.1, -0.05) is 66.7 Å². The monoisotopic (exact) mass is 385 g/mol. The second-order valence-corrected chi connectivity index (χ2v) is 8.02. The molecule has 1 aliphatic rings. The molecule has 3 nitrogen and oxygen atoms in total. The van der Waals surface area contributed by atoms with Gasteiger partial charge in [-0.3, -0.25) is 4.90 Å². The number of benzene rings is 3. The van der Waals surface area contributed by atoms with Crippen LogP contribution in [0, 0.1) is 0 Å². The molecule has 150 valence electrons. The molecule has 0 saturated carbocycles. The second-order valence-electron chi connectivity index (χ2n) is 8.02. The lowest BCUT2D eigenvalue weighted by molar-refractivity contribution is 0.241. The van der Waals surface area contributed by atoms with Crippen LogP contribution in [0.1, 0.15) is 23.6 Å². The van der Waals surface area contributed by atoms with Crippen molar-refractivity contribution in [2.45, 2.75) is 12.5 Å². The Bertz CT molecular complexity index is 878. The van der Waals surface area contributed by atoms with Gasteiger partial charge >= 0.3 is 0 Å². The smallest absolute Gasteiger partial charge is 0.0602 e. The first-order valence-corrected chi connectivity index (χ1v) is 10.6. The van der Waals surface area contributed by atoms with Gasteiger partial charge in [-0.25, -0.2) is 0 Å². The van der Waals surface area contributed by atoms with Crippen molar-refractivity contribution < 1.29 is 0 Å². The number of nitrogens with one attached hydrogen (secondary N) is 1. The Kier molecular flexibility index (Phi) is 6.28. The summed E-state index contributed by atoms with van der Waals surface area (Å²) in [6.45, 7) is 4.35. The minimum Gasteiger partial charge on any atom is -0.378 e. The van der Waals surface area contributed by atoms with Crippen molar-refractivity contribution in [3.05, 3.63) is 90.0 Å². The molecule has 1 fully saturated rings. The average molecular weight is 386 g/mol. The normalized spacial score (nSPS) is 16.2. The van der Waals surface area contributed by atoms with Gasteiger partial charge in [0.15, 0.2) is 0 Å². The molecule has 4 rings (SSSR count). The molecular weight excluding hydrogens is 354 g/mol. The predicted octanol–water partition coefficient (Wildman–Crippen LogP) is 4.80. The van der Waals surface area contributed by atoms with Crippen molar-refractivity contribution in [2.75, 3.05) is 45.2 Å². The van der Waals surface area contributed by atoms with Gasteiger partial charge < -0.3 is 10.2 Å². The summed E-state index contributed by atoms with van der Waals surface area (Å²) >= 11 is 0. The summed E-state index contributed by atoms with van der Waals surface area (Å²) in [5, 5.41) is 3.54. The molecule has 3 heteroatoms. The molecule has 1 saturated heterocycles. The molecule has 0 aliphatic carbocycles. The maximum atomic E-state index is 3.54. The van der Waals surface area contributed by atoms with E-state index in [1.54, 1.807) is 0 Å². The molecule has 1 unspecified atom stereocenters. The molecule has 29 heavy (non-hydrogen) atoms. The maximum absolute atomic E-state index is 3.54. The van der Waals surface area contributed by atoms with Crippen LogP contribution in [0.3, 0.4) is 0 Å².